The topological polar surface area (TPSA) is 47.6 Å². The molecule has 1 unspecified atom stereocenters. The molecule has 0 aromatic heterocycles. The molecule has 0 bridgehead atoms. The molecule has 0 aliphatic rings. The fourth-order valence-electron chi connectivity index (χ4n) is 1.23. The number of ether oxygens (including phenoxy) is 1. The van der Waals surface area contributed by atoms with E-state index in [2.05, 4.69) is 5.09 Å². The second-order valence-corrected chi connectivity index (χ2v) is 8.10. The standard InChI is InChI=1S/C14H20Cl2NO3P.C2H6/c1-10(13(18)19-9-14(2,3)4)17-21(16)20-12-7-5-11(15)6-8-12;1-2/h5-8,10,17H,9H2,1-4H3;1-2H3/t10-,21?;/m0./s1. The molecule has 0 spiro atoms. The van der Waals surface area contributed by atoms with Gasteiger partial charge >= 0.3 is 5.97 Å². The maximum Gasteiger partial charge on any atom is 0.323 e. The van der Waals surface area contributed by atoms with E-state index in [-0.39, 0.29) is 11.4 Å². The van der Waals surface area contributed by atoms with Crippen LogP contribution < -0.4 is 9.61 Å². The van der Waals surface area contributed by atoms with Crippen LogP contribution in [0.15, 0.2) is 24.3 Å². The molecule has 0 saturated heterocycles. The highest BCUT2D eigenvalue weighted by molar-refractivity contribution is 7.78. The monoisotopic (exact) mass is 381 g/mol. The quantitative estimate of drug-likeness (QED) is 0.501. The molecule has 1 rings (SSSR count). The lowest BCUT2D eigenvalue weighted by atomic mass is 9.99. The highest BCUT2D eigenvalue weighted by atomic mass is 35.7. The average molecular weight is 382 g/mol. The number of halogens is 2. The summed E-state index contributed by atoms with van der Waals surface area (Å²) in [6, 6.07) is 6.30. The summed E-state index contributed by atoms with van der Waals surface area (Å²) in [5.41, 5.74) is -0.0686. The molecule has 0 saturated carbocycles. The van der Waals surface area contributed by atoms with Crippen LogP contribution in [0.1, 0.15) is 41.5 Å². The molecule has 1 N–H and O–H groups in total. The van der Waals surface area contributed by atoms with Crippen LogP contribution in [0.2, 0.25) is 5.02 Å². The first-order valence-electron chi connectivity index (χ1n) is 7.49. The number of benzene rings is 1. The number of carbonyl (C=O) groups excluding carboxylic acids is 1. The number of carbonyl (C=O) groups is 1. The van der Waals surface area contributed by atoms with Crippen molar-refractivity contribution in [3.63, 3.8) is 0 Å². The van der Waals surface area contributed by atoms with Gasteiger partial charge in [0, 0.05) is 5.02 Å². The largest absolute Gasteiger partial charge is 0.464 e. The molecule has 0 fully saturated rings. The van der Waals surface area contributed by atoms with Gasteiger partial charge in [0.15, 0.2) is 0 Å². The molecule has 132 valence electrons. The molecule has 0 aliphatic heterocycles. The van der Waals surface area contributed by atoms with Gasteiger partial charge in [-0.25, -0.2) is 5.09 Å². The second kappa shape index (κ2) is 11.1. The van der Waals surface area contributed by atoms with Crippen molar-refractivity contribution >= 4 is 36.5 Å². The van der Waals surface area contributed by atoms with E-state index in [0.29, 0.717) is 17.4 Å². The minimum Gasteiger partial charge on any atom is -0.464 e. The van der Waals surface area contributed by atoms with Crippen molar-refractivity contribution in [2.24, 2.45) is 5.41 Å². The van der Waals surface area contributed by atoms with Crippen LogP contribution in [0.25, 0.3) is 0 Å². The Morgan fingerprint density at radius 3 is 2.26 bits per heavy atom. The van der Waals surface area contributed by atoms with Crippen molar-refractivity contribution < 1.29 is 14.1 Å². The molecule has 0 aliphatic carbocycles. The van der Waals surface area contributed by atoms with E-state index in [1.165, 1.54) is 0 Å². The van der Waals surface area contributed by atoms with Gasteiger partial charge in [-0.1, -0.05) is 46.2 Å². The van der Waals surface area contributed by atoms with E-state index in [0.717, 1.165) is 0 Å². The first-order valence-corrected chi connectivity index (χ1v) is 10.0. The summed E-state index contributed by atoms with van der Waals surface area (Å²) in [4.78, 5) is 11.8. The first kappa shape index (κ1) is 22.5. The lowest BCUT2D eigenvalue weighted by Gasteiger charge is -2.21. The van der Waals surface area contributed by atoms with Crippen LogP contribution in [0.4, 0.5) is 0 Å². The van der Waals surface area contributed by atoms with E-state index in [1.54, 1.807) is 31.2 Å². The molecular formula is C16H26Cl2NO3P. The van der Waals surface area contributed by atoms with Crippen molar-refractivity contribution in [1.82, 2.24) is 5.09 Å². The van der Waals surface area contributed by atoms with Gasteiger partial charge in [-0.15, -0.1) is 0 Å². The molecule has 1 aromatic rings. The molecule has 0 heterocycles. The molecule has 7 heteroatoms. The van der Waals surface area contributed by atoms with Crippen molar-refractivity contribution in [2.45, 2.75) is 47.6 Å². The molecular weight excluding hydrogens is 356 g/mol. The number of esters is 1. The summed E-state index contributed by atoms with van der Waals surface area (Å²) < 4.78 is 10.7. The number of hydrogen-bond donors (Lipinski definition) is 1. The van der Waals surface area contributed by atoms with Gasteiger partial charge in [0.25, 0.3) is 7.65 Å². The van der Waals surface area contributed by atoms with Gasteiger partial charge in [-0.05, 0) is 47.8 Å². The third-order valence-corrected chi connectivity index (χ3v) is 4.01. The summed E-state index contributed by atoms with van der Waals surface area (Å²) in [5, 5.41) is 3.50. The highest BCUT2D eigenvalue weighted by Gasteiger charge is 2.21. The lowest BCUT2D eigenvalue weighted by molar-refractivity contribution is -0.147. The van der Waals surface area contributed by atoms with Gasteiger partial charge in [-0.3, -0.25) is 4.79 Å². The molecule has 2 atom stereocenters. The lowest BCUT2D eigenvalue weighted by Crippen LogP contribution is -2.33. The van der Waals surface area contributed by atoms with Crippen LogP contribution in [0, 0.1) is 5.41 Å². The van der Waals surface area contributed by atoms with Crippen molar-refractivity contribution in [2.75, 3.05) is 6.61 Å². The average Bonchev–Trinajstić information content (AvgIpc) is 2.48. The van der Waals surface area contributed by atoms with Gasteiger partial charge in [0.2, 0.25) is 0 Å². The minimum atomic E-state index is -1.50. The SMILES string of the molecule is CC.C[C@H](NP(Cl)Oc1ccc(Cl)cc1)C(=O)OCC(C)(C)C. The zero-order chi connectivity index (χ0) is 18.0. The summed E-state index contributed by atoms with van der Waals surface area (Å²) in [5.74, 6) is 0.237. The second-order valence-electron chi connectivity index (χ2n) is 5.81. The Kier molecular flexibility index (Phi) is 10.8. The van der Waals surface area contributed by atoms with Crippen LogP contribution in [0.3, 0.4) is 0 Å². The van der Waals surface area contributed by atoms with E-state index in [4.69, 9.17) is 32.1 Å². The third-order valence-electron chi connectivity index (χ3n) is 2.30. The van der Waals surface area contributed by atoms with Crippen LogP contribution >= 0.6 is 30.5 Å². The van der Waals surface area contributed by atoms with Gasteiger partial charge in [0.1, 0.15) is 11.8 Å². The van der Waals surface area contributed by atoms with E-state index in [9.17, 15) is 4.79 Å². The Labute approximate surface area is 150 Å². The summed E-state index contributed by atoms with van der Waals surface area (Å²) in [6.45, 7) is 12.0. The minimum absolute atomic E-state index is 0.0686. The molecule has 1 aromatic carbocycles. The molecule has 4 nitrogen and oxygen atoms in total. The highest BCUT2D eigenvalue weighted by Crippen LogP contribution is 2.39. The molecule has 0 radical (unpaired) electrons. The first-order chi connectivity index (χ1) is 10.7. The zero-order valence-corrected chi connectivity index (χ0v) is 16.9. The maximum absolute atomic E-state index is 11.8. The van der Waals surface area contributed by atoms with Crippen LogP contribution in [-0.2, 0) is 9.53 Å². The predicted octanol–water partition coefficient (Wildman–Crippen LogP) is 5.78. The van der Waals surface area contributed by atoms with Gasteiger partial charge in [-0.2, -0.15) is 0 Å². The van der Waals surface area contributed by atoms with E-state index < -0.39 is 13.7 Å². The fraction of sp³-hybridized carbons (Fsp3) is 0.562. The van der Waals surface area contributed by atoms with Crippen molar-refractivity contribution in [3.05, 3.63) is 29.3 Å². The fourth-order valence-corrected chi connectivity index (χ4v) is 2.81. The summed E-state index contributed by atoms with van der Waals surface area (Å²) in [6.07, 6.45) is 0. The Morgan fingerprint density at radius 2 is 1.78 bits per heavy atom. The van der Waals surface area contributed by atoms with Crippen LogP contribution in [0.5, 0.6) is 5.75 Å². The Hall–Kier alpha value is -0.540. The van der Waals surface area contributed by atoms with Crippen LogP contribution in [-0.4, -0.2) is 18.6 Å². The Morgan fingerprint density at radius 1 is 1.26 bits per heavy atom. The van der Waals surface area contributed by atoms with E-state index >= 15 is 0 Å². The maximum atomic E-state index is 11.8. The van der Waals surface area contributed by atoms with Crippen molar-refractivity contribution in [3.8, 4) is 5.75 Å². The normalized spacial score (nSPS) is 13.4. The smallest absolute Gasteiger partial charge is 0.323 e. The summed E-state index contributed by atoms with van der Waals surface area (Å²) in [7, 11) is -1.50. The predicted molar refractivity (Wildman–Crippen MR) is 99.2 cm³/mol. The van der Waals surface area contributed by atoms with E-state index in [1.807, 2.05) is 34.6 Å². The third kappa shape index (κ3) is 10.8. The molecule has 23 heavy (non-hydrogen) atoms. The van der Waals surface area contributed by atoms with Crippen molar-refractivity contribution in [1.29, 1.82) is 0 Å². The Bertz CT molecular complexity index is 463. The summed E-state index contributed by atoms with van der Waals surface area (Å²) >= 11 is 11.9. The van der Waals surface area contributed by atoms with Gasteiger partial charge in [0.05, 0.1) is 6.61 Å². The zero-order valence-electron chi connectivity index (χ0n) is 14.5. The number of nitrogens with one attached hydrogen (secondary N) is 1. The van der Waals surface area contributed by atoms with Gasteiger partial charge < -0.3 is 9.26 Å². The Balaban J connectivity index is 0.00000232. The number of hydrogen-bond acceptors (Lipinski definition) is 4. The molecule has 0 amide bonds. The number of rotatable bonds is 6.